The summed E-state index contributed by atoms with van der Waals surface area (Å²) in [7, 11) is 1.81. The van der Waals surface area contributed by atoms with Gasteiger partial charge < -0.3 is 5.11 Å². The molecule has 19 heavy (non-hydrogen) atoms. The largest absolute Gasteiger partial charge is 0.386 e. The number of rotatable bonds is 5. The van der Waals surface area contributed by atoms with E-state index >= 15 is 0 Å². The molecule has 1 unspecified atom stereocenters. The van der Waals surface area contributed by atoms with Gasteiger partial charge in [-0.1, -0.05) is 49.4 Å². The summed E-state index contributed by atoms with van der Waals surface area (Å²) >= 11 is 0. The molecule has 0 aliphatic rings. The Morgan fingerprint density at radius 1 is 1.21 bits per heavy atom. The summed E-state index contributed by atoms with van der Waals surface area (Å²) in [6, 6.07) is 10.2. The van der Waals surface area contributed by atoms with Crippen LogP contribution in [0.15, 0.2) is 36.5 Å². The van der Waals surface area contributed by atoms with Gasteiger partial charge in [-0.15, -0.1) is 5.10 Å². The first-order valence-corrected chi connectivity index (χ1v) is 6.74. The van der Waals surface area contributed by atoms with Gasteiger partial charge in [0.2, 0.25) is 0 Å². The zero-order valence-corrected chi connectivity index (χ0v) is 11.7. The number of hydrogen-bond acceptors (Lipinski definition) is 3. The molecule has 1 N–H and O–H groups in total. The van der Waals surface area contributed by atoms with E-state index in [2.05, 4.69) is 36.3 Å². The summed E-state index contributed by atoms with van der Waals surface area (Å²) < 4.78 is 1.65. The Kier molecular flexibility index (Phi) is 4.00. The third-order valence-electron chi connectivity index (χ3n) is 4.16. The van der Waals surface area contributed by atoms with Crippen LogP contribution in [0.5, 0.6) is 0 Å². The SMILES string of the molecule is CCC(CC)(c1ccccc1)C(O)c1cnnn1C. The van der Waals surface area contributed by atoms with Crippen molar-refractivity contribution in [2.24, 2.45) is 7.05 Å². The van der Waals surface area contributed by atoms with Crippen LogP contribution >= 0.6 is 0 Å². The molecule has 0 radical (unpaired) electrons. The lowest BCUT2D eigenvalue weighted by molar-refractivity contribution is 0.0656. The highest BCUT2D eigenvalue weighted by atomic mass is 16.3. The molecule has 1 aromatic heterocycles. The third kappa shape index (κ3) is 2.28. The molecule has 0 amide bonds. The molecule has 1 aromatic carbocycles. The van der Waals surface area contributed by atoms with Crippen molar-refractivity contribution >= 4 is 0 Å². The van der Waals surface area contributed by atoms with E-state index in [1.54, 1.807) is 10.9 Å². The minimum Gasteiger partial charge on any atom is -0.386 e. The zero-order valence-electron chi connectivity index (χ0n) is 11.7. The van der Waals surface area contributed by atoms with Crippen LogP contribution in [0, 0.1) is 0 Å². The summed E-state index contributed by atoms with van der Waals surface area (Å²) in [5.74, 6) is 0. The van der Waals surface area contributed by atoms with Crippen molar-refractivity contribution in [1.82, 2.24) is 15.0 Å². The Morgan fingerprint density at radius 2 is 1.84 bits per heavy atom. The fourth-order valence-corrected chi connectivity index (χ4v) is 2.80. The fourth-order valence-electron chi connectivity index (χ4n) is 2.80. The van der Waals surface area contributed by atoms with Gasteiger partial charge in [-0.25, -0.2) is 4.68 Å². The standard InChI is InChI=1S/C15H21N3O/c1-4-15(5-2,12-9-7-6-8-10-12)14(19)13-11-16-17-18(13)3/h6-11,14,19H,4-5H2,1-3H3. The van der Waals surface area contributed by atoms with Crippen LogP contribution in [0.4, 0.5) is 0 Å². The Morgan fingerprint density at radius 3 is 2.32 bits per heavy atom. The highest BCUT2D eigenvalue weighted by Gasteiger charge is 2.38. The summed E-state index contributed by atoms with van der Waals surface area (Å²) in [6.07, 6.45) is 2.76. The summed E-state index contributed by atoms with van der Waals surface area (Å²) in [5.41, 5.74) is 1.62. The molecule has 102 valence electrons. The molecule has 0 saturated carbocycles. The number of aliphatic hydroxyl groups is 1. The molecule has 0 aliphatic heterocycles. The maximum Gasteiger partial charge on any atom is 0.107 e. The average molecular weight is 259 g/mol. The Labute approximate surface area is 114 Å². The number of aromatic nitrogens is 3. The topological polar surface area (TPSA) is 50.9 Å². The molecule has 2 aromatic rings. The number of nitrogens with zero attached hydrogens (tertiary/aromatic N) is 3. The Hall–Kier alpha value is -1.68. The number of benzene rings is 1. The molecule has 0 saturated heterocycles. The molecule has 0 aliphatic carbocycles. The molecule has 4 heteroatoms. The van der Waals surface area contributed by atoms with Crippen molar-refractivity contribution in [2.45, 2.75) is 38.2 Å². The molecule has 2 rings (SSSR count). The van der Waals surface area contributed by atoms with Crippen LogP contribution in [-0.2, 0) is 12.5 Å². The van der Waals surface area contributed by atoms with Gasteiger partial charge in [-0.05, 0) is 18.4 Å². The van der Waals surface area contributed by atoms with Gasteiger partial charge in [0.1, 0.15) is 6.10 Å². The minimum absolute atomic E-state index is 0.295. The van der Waals surface area contributed by atoms with Gasteiger partial charge in [-0.2, -0.15) is 0 Å². The van der Waals surface area contributed by atoms with E-state index in [-0.39, 0.29) is 5.41 Å². The Balaban J connectivity index is 2.48. The van der Waals surface area contributed by atoms with Gasteiger partial charge >= 0.3 is 0 Å². The fraction of sp³-hybridized carbons (Fsp3) is 0.467. The van der Waals surface area contributed by atoms with Gasteiger partial charge in [0.15, 0.2) is 0 Å². The first-order chi connectivity index (χ1) is 9.15. The van der Waals surface area contributed by atoms with Crippen LogP contribution in [-0.4, -0.2) is 20.1 Å². The second-order valence-electron chi connectivity index (χ2n) is 4.91. The quantitative estimate of drug-likeness (QED) is 0.898. The second-order valence-corrected chi connectivity index (χ2v) is 4.91. The van der Waals surface area contributed by atoms with Crippen molar-refractivity contribution in [1.29, 1.82) is 0 Å². The van der Waals surface area contributed by atoms with E-state index < -0.39 is 6.10 Å². The summed E-state index contributed by atoms with van der Waals surface area (Å²) in [6.45, 7) is 4.23. The smallest absolute Gasteiger partial charge is 0.107 e. The molecule has 0 bridgehead atoms. The van der Waals surface area contributed by atoms with Crippen molar-refractivity contribution < 1.29 is 5.11 Å². The van der Waals surface area contributed by atoms with E-state index in [4.69, 9.17) is 0 Å². The number of aryl methyl sites for hydroxylation is 1. The van der Waals surface area contributed by atoms with Crippen LogP contribution in [0.1, 0.15) is 44.1 Å². The highest BCUT2D eigenvalue weighted by Crippen LogP contribution is 2.42. The molecular weight excluding hydrogens is 238 g/mol. The lowest BCUT2D eigenvalue weighted by Crippen LogP contribution is -2.33. The van der Waals surface area contributed by atoms with Gasteiger partial charge in [0.25, 0.3) is 0 Å². The van der Waals surface area contributed by atoms with Crippen LogP contribution in [0.25, 0.3) is 0 Å². The Bertz CT molecular complexity index is 517. The van der Waals surface area contributed by atoms with Crippen LogP contribution < -0.4 is 0 Å². The molecule has 1 atom stereocenters. The van der Waals surface area contributed by atoms with Crippen molar-refractivity contribution in [3.05, 3.63) is 47.8 Å². The van der Waals surface area contributed by atoms with Crippen molar-refractivity contribution in [3.63, 3.8) is 0 Å². The molecule has 0 fully saturated rings. The lowest BCUT2D eigenvalue weighted by Gasteiger charge is -2.37. The molecule has 4 nitrogen and oxygen atoms in total. The maximum atomic E-state index is 10.9. The monoisotopic (exact) mass is 259 g/mol. The van der Waals surface area contributed by atoms with Gasteiger partial charge in [0.05, 0.1) is 11.9 Å². The molecule has 0 spiro atoms. The predicted molar refractivity (Wildman–Crippen MR) is 74.7 cm³/mol. The third-order valence-corrected chi connectivity index (χ3v) is 4.16. The molecular formula is C15H21N3O. The highest BCUT2D eigenvalue weighted by molar-refractivity contribution is 5.29. The zero-order chi connectivity index (χ0) is 13.9. The van der Waals surface area contributed by atoms with Crippen LogP contribution in [0.2, 0.25) is 0 Å². The van der Waals surface area contributed by atoms with E-state index in [9.17, 15) is 5.11 Å². The molecule has 1 heterocycles. The van der Waals surface area contributed by atoms with Crippen molar-refractivity contribution in [2.75, 3.05) is 0 Å². The van der Waals surface area contributed by atoms with E-state index in [1.165, 1.54) is 0 Å². The number of hydrogen-bond donors (Lipinski definition) is 1. The first-order valence-electron chi connectivity index (χ1n) is 6.74. The normalized spacial score (nSPS) is 13.5. The lowest BCUT2D eigenvalue weighted by atomic mass is 9.70. The summed E-state index contributed by atoms with van der Waals surface area (Å²) in [5, 5.41) is 18.6. The van der Waals surface area contributed by atoms with E-state index in [0.29, 0.717) is 0 Å². The summed E-state index contributed by atoms with van der Waals surface area (Å²) in [4.78, 5) is 0. The first kappa shape index (κ1) is 13.7. The number of aliphatic hydroxyl groups excluding tert-OH is 1. The minimum atomic E-state index is -0.607. The van der Waals surface area contributed by atoms with Gasteiger partial charge in [-0.3, -0.25) is 0 Å². The predicted octanol–water partition coefficient (Wildman–Crippen LogP) is 2.61. The van der Waals surface area contributed by atoms with Crippen molar-refractivity contribution in [3.8, 4) is 0 Å². The van der Waals surface area contributed by atoms with Crippen LogP contribution in [0.3, 0.4) is 0 Å². The second kappa shape index (κ2) is 5.53. The van der Waals surface area contributed by atoms with Gasteiger partial charge in [0, 0.05) is 12.5 Å². The van der Waals surface area contributed by atoms with E-state index in [0.717, 1.165) is 24.1 Å². The maximum absolute atomic E-state index is 10.9. The average Bonchev–Trinajstić information content (AvgIpc) is 2.88. The van der Waals surface area contributed by atoms with E-state index in [1.807, 2.05) is 25.2 Å².